The van der Waals surface area contributed by atoms with Gasteiger partial charge in [0.25, 0.3) is 0 Å². The largest absolute Gasteiger partial charge is 0.508 e. The Morgan fingerprint density at radius 2 is 1.10 bits per heavy atom. The number of nitrogens with zero attached hydrogens (tertiary/aromatic N) is 5. The van der Waals surface area contributed by atoms with Gasteiger partial charge in [-0.15, -0.1) is 22.7 Å². The Kier molecular flexibility index (Phi) is 15.7. The molecule has 0 fully saturated rings. The molecule has 3 atom stereocenters. The van der Waals surface area contributed by atoms with Gasteiger partial charge in [-0.1, -0.05) is 292 Å². The highest BCUT2D eigenvalue weighted by molar-refractivity contribution is 7.26. The molecule has 0 saturated carbocycles. The first-order valence-electron chi connectivity index (χ1n) is 40.0. The number of aromatic hydroxyl groups is 1. The van der Waals surface area contributed by atoms with Gasteiger partial charge in [0.05, 0.1) is 48.6 Å². The summed E-state index contributed by atoms with van der Waals surface area (Å²) in [5.41, 5.74) is 30.2. The summed E-state index contributed by atoms with van der Waals surface area (Å²) in [7, 11) is 0. The van der Waals surface area contributed by atoms with Crippen LogP contribution in [0.3, 0.4) is 0 Å². The number of rotatable bonds is 12. The van der Waals surface area contributed by atoms with Crippen LogP contribution in [0.15, 0.2) is 369 Å². The molecular weight excluding hydrogens is 1450 g/mol. The van der Waals surface area contributed by atoms with Gasteiger partial charge in [-0.05, 0) is 180 Å². The van der Waals surface area contributed by atoms with Gasteiger partial charge in [0.15, 0.2) is 5.82 Å². The van der Waals surface area contributed by atoms with Crippen molar-refractivity contribution in [2.24, 2.45) is 5.92 Å². The topological polar surface area (TPSA) is 93.9 Å². The lowest BCUT2D eigenvalue weighted by molar-refractivity contribution is 0.432. The van der Waals surface area contributed by atoms with Crippen molar-refractivity contribution in [3.05, 3.63) is 431 Å². The third-order valence-electron chi connectivity index (χ3n) is 24.8. The highest BCUT2D eigenvalue weighted by Crippen LogP contribution is 2.65. The second-order valence-corrected chi connectivity index (χ2v) is 33.0. The normalized spacial score (nSPS) is 17.1. The van der Waals surface area contributed by atoms with E-state index in [2.05, 4.69) is 334 Å². The highest BCUT2D eigenvalue weighted by atomic mass is 32.1. The minimum Gasteiger partial charge on any atom is -0.508 e. The Labute approximate surface area is 679 Å². The van der Waals surface area contributed by atoms with Gasteiger partial charge < -0.3 is 9.84 Å². The fraction of sp³-hybridized carbons (Fsp3) is 0.0748. The van der Waals surface area contributed by atoms with Gasteiger partial charge in [-0.25, -0.2) is 19.9 Å². The van der Waals surface area contributed by atoms with E-state index in [-0.39, 0.29) is 17.6 Å². The summed E-state index contributed by atoms with van der Waals surface area (Å²) in [6.07, 6.45) is 29.1. The van der Waals surface area contributed by atoms with E-state index in [1.54, 1.807) is 22.7 Å². The summed E-state index contributed by atoms with van der Waals surface area (Å²) in [4.78, 5) is 28.2. The molecule has 1 spiro atoms. The summed E-state index contributed by atoms with van der Waals surface area (Å²) < 4.78 is 11.1. The van der Waals surface area contributed by atoms with Crippen LogP contribution in [-0.2, 0) is 10.8 Å². The van der Waals surface area contributed by atoms with Crippen molar-refractivity contribution < 1.29 is 9.84 Å². The fourth-order valence-electron chi connectivity index (χ4n) is 20.0. The van der Waals surface area contributed by atoms with E-state index in [1.165, 1.54) is 61.2 Å². The number of ether oxygens (including phenoxy) is 1. The van der Waals surface area contributed by atoms with E-state index in [4.69, 9.17) is 24.7 Å². The third kappa shape index (κ3) is 10.2. The fourth-order valence-corrected chi connectivity index (χ4v) is 22.2. The molecule has 7 nitrogen and oxygen atoms in total. The maximum atomic E-state index is 12.1. The Morgan fingerprint density at radius 3 is 1.89 bits per heavy atom. The van der Waals surface area contributed by atoms with Gasteiger partial charge >= 0.3 is 0 Å². The summed E-state index contributed by atoms with van der Waals surface area (Å²) in [5, 5.41) is 14.3. The second kappa shape index (κ2) is 26.9. The molecule has 1 N–H and O–H groups in total. The monoisotopic (exact) mass is 1520 g/mol. The molecule has 9 heteroatoms. The van der Waals surface area contributed by atoms with Crippen LogP contribution in [0.25, 0.3) is 130 Å². The number of fused-ring (bicyclic) bond motifs is 19. The first-order valence-corrected chi connectivity index (χ1v) is 41.6. The smallest absolute Gasteiger partial charge is 0.160 e. The Balaban J connectivity index is 0.686. The SMILES string of the molecule is CC/C=C\C=C\C1(c2ccccc2O)c2ccccc2-c2c(-c3nc(C4c5ccccc5C(c5ccccc5)=C5C=CC=CC54)nc4c3sc3ccc(-c5ccc(-c6cc(-c7cccnc7)cc(-c7nc(-c8cccc9c8C8=C(CCC=C8)C98c9ccccc9Oc9ccccc98)c8sc9ccccc9c8n7)c6)cc5)cc34)cccc21. The number of para-hydroxylation sites is 3. The second-order valence-electron chi connectivity index (χ2n) is 30.9. The van der Waals surface area contributed by atoms with Crippen LogP contribution in [0.4, 0.5) is 0 Å². The predicted molar refractivity (Wildman–Crippen MR) is 476 cm³/mol. The first kappa shape index (κ1) is 67.8. The van der Waals surface area contributed by atoms with Gasteiger partial charge in [0.1, 0.15) is 23.1 Å². The summed E-state index contributed by atoms with van der Waals surface area (Å²) in [6, 6.07) is 103. The van der Waals surface area contributed by atoms with E-state index in [9.17, 15) is 5.11 Å². The number of hydrogen-bond acceptors (Lipinski definition) is 9. The molecule has 23 rings (SSSR count). The zero-order valence-corrected chi connectivity index (χ0v) is 64.9. The molecular formula is C107H71N5O2S2. The van der Waals surface area contributed by atoms with Crippen molar-refractivity contribution in [1.29, 1.82) is 0 Å². The Bertz CT molecular complexity index is 7210. The number of pyridine rings is 1. The molecule has 0 bridgehead atoms. The van der Waals surface area contributed by atoms with Gasteiger partial charge in [0.2, 0.25) is 0 Å². The van der Waals surface area contributed by atoms with E-state index in [1.807, 2.05) is 36.7 Å². The number of thiophene rings is 2. The van der Waals surface area contributed by atoms with Crippen LogP contribution in [0, 0.1) is 5.92 Å². The summed E-state index contributed by atoms with van der Waals surface area (Å²) in [6.45, 7) is 2.15. The van der Waals surface area contributed by atoms with Gasteiger partial charge in [0, 0.05) is 77.4 Å². The zero-order chi connectivity index (χ0) is 76.7. The molecule has 6 heterocycles. The lowest BCUT2D eigenvalue weighted by Gasteiger charge is -2.41. The van der Waals surface area contributed by atoms with Crippen molar-refractivity contribution in [3.63, 3.8) is 0 Å². The minimum atomic E-state index is -0.837. The molecule has 1 aliphatic heterocycles. The number of phenolic OH excluding ortho intramolecular Hbond substituents is 1. The van der Waals surface area contributed by atoms with E-state index < -0.39 is 10.8 Å². The van der Waals surface area contributed by atoms with Gasteiger partial charge in [-0.3, -0.25) is 4.98 Å². The molecule has 5 aromatic heterocycles. The zero-order valence-electron chi connectivity index (χ0n) is 63.2. The van der Waals surface area contributed by atoms with Crippen LogP contribution in [-0.4, -0.2) is 30.0 Å². The number of phenols is 1. The molecule has 6 aliphatic rings. The number of hydrogen-bond donors (Lipinski definition) is 1. The molecule has 0 saturated heterocycles. The average Bonchev–Trinajstić information content (AvgIpc) is 1.51. The predicted octanol–water partition coefficient (Wildman–Crippen LogP) is 27.2. The van der Waals surface area contributed by atoms with Crippen molar-refractivity contribution in [1.82, 2.24) is 24.9 Å². The van der Waals surface area contributed by atoms with Crippen LogP contribution < -0.4 is 4.74 Å². The molecule has 12 aromatic carbocycles. The van der Waals surface area contributed by atoms with Crippen molar-refractivity contribution in [3.8, 4) is 95.7 Å². The standard InChI is InChI=1S/C107H71N5O2S2/c1-2-3-4-24-57-106(84-42-17-20-47-89(84)113)82-40-15-12-35-76(82)95-79(38-25-45-87(95)106)100-103-101(112-105(111-100)97-74-33-10-8-31-72(74)94(66-28-6-5-7-29-66)73-32-9-11-34-75(73)97)81-62-67(55-56-93(81)116-103)64-51-53-65(54-52-64)69-59-70(68-30-27-58-108-63-68)61-71(60-69)104-109-98-78-37-14-23-50-92(78)115-102(98)99(110-104)80-39-26-46-88-96(80)77-36-13-16-41-83(77)107(88)85-43-18-21-48-90(85)114-91-49-22-19-44-86(91)107/h3-15,17-40,42-63,74,97,113H,2,16,41H2,1H3/b4-3-,57-24+. The Morgan fingerprint density at radius 1 is 0.474 bits per heavy atom. The van der Waals surface area contributed by atoms with Crippen LogP contribution in [0.2, 0.25) is 0 Å². The third-order valence-corrected chi connectivity index (χ3v) is 27.2. The van der Waals surface area contributed by atoms with Crippen LogP contribution in [0.1, 0.15) is 93.6 Å². The van der Waals surface area contributed by atoms with Crippen molar-refractivity contribution in [2.75, 3.05) is 0 Å². The number of benzene rings is 12. The van der Waals surface area contributed by atoms with E-state index in [0.29, 0.717) is 5.82 Å². The van der Waals surface area contributed by atoms with Crippen LogP contribution in [0.5, 0.6) is 17.2 Å². The molecule has 116 heavy (non-hydrogen) atoms. The van der Waals surface area contributed by atoms with Crippen molar-refractivity contribution >= 4 is 74.4 Å². The minimum absolute atomic E-state index is 0.0664. The average molecular weight is 1520 g/mol. The number of aromatic nitrogens is 5. The lowest BCUT2D eigenvalue weighted by atomic mass is 9.64. The molecule has 0 radical (unpaired) electrons. The van der Waals surface area contributed by atoms with Gasteiger partial charge in [-0.2, -0.15) is 0 Å². The molecule has 0 amide bonds. The van der Waals surface area contributed by atoms with Crippen molar-refractivity contribution in [2.45, 2.75) is 42.9 Å². The quantitative estimate of drug-likeness (QED) is 0.122. The maximum Gasteiger partial charge on any atom is 0.160 e. The Hall–Kier alpha value is -13.8. The molecule has 17 aromatic rings. The molecule has 548 valence electrons. The maximum absolute atomic E-state index is 12.1. The molecule has 3 unspecified atom stereocenters. The first-order chi connectivity index (χ1) is 57.4. The van der Waals surface area contributed by atoms with E-state index >= 15 is 0 Å². The highest BCUT2D eigenvalue weighted by Gasteiger charge is 2.53. The van der Waals surface area contributed by atoms with Crippen LogP contribution >= 0.6 is 22.7 Å². The lowest BCUT2D eigenvalue weighted by Crippen LogP contribution is -2.33. The molecule has 5 aliphatic carbocycles. The van der Waals surface area contributed by atoms with E-state index in [0.717, 1.165) is 166 Å². The number of allylic oxidation sites excluding steroid dienone is 13. The summed E-state index contributed by atoms with van der Waals surface area (Å²) in [5.74, 6) is 3.13. The summed E-state index contributed by atoms with van der Waals surface area (Å²) >= 11 is 3.53.